The molecule has 0 aliphatic rings. The summed E-state index contributed by atoms with van der Waals surface area (Å²) in [5.41, 5.74) is 0.924. The first-order valence-electron chi connectivity index (χ1n) is 3.20. The van der Waals surface area contributed by atoms with Crippen LogP contribution in [-0.2, 0) is 0 Å². The Balaban J connectivity index is 0.000000261. The quantitative estimate of drug-likeness (QED) is 0.677. The lowest BCUT2D eigenvalue weighted by Crippen LogP contribution is -1.73. The van der Waals surface area contributed by atoms with Crippen molar-refractivity contribution in [3.63, 3.8) is 0 Å². The Kier molecular flexibility index (Phi) is 6.44. The van der Waals surface area contributed by atoms with Gasteiger partial charge in [0.2, 0.25) is 0 Å². The third-order valence-corrected chi connectivity index (χ3v) is 0.897. The van der Waals surface area contributed by atoms with Gasteiger partial charge in [0, 0.05) is 6.20 Å². The highest BCUT2D eigenvalue weighted by molar-refractivity contribution is 6.55. The van der Waals surface area contributed by atoms with E-state index in [1.54, 1.807) is 12.3 Å². The molecule has 1 rings (SSSR count). The molecule has 0 saturated carbocycles. The monoisotopic (exact) mass is 201 g/mol. The average molecular weight is 202 g/mol. The van der Waals surface area contributed by atoms with E-state index in [1.165, 1.54) is 0 Å². The van der Waals surface area contributed by atoms with Crippen molar-refractivity contribution in [1.29, 1.82) is 0 Å². The second-order valence-corrected chi connectivity index (χ2v) is 2.90. The number of hydrogen-bond donors (Lipinski definition) is 0. The van der Waals surface area contributed by atoms with Crippen LogP contribution < -0.4 is 0 Å². The maximum atomic E-state index is 4.85. The van der Waals surface area contributed by atoms with Crippen LogP contribution in [0.15, 0.2) is 42.0 Å². The van der Waals surface area contributed by atoms with Gasteiger partial charge < -0.3 is 0 Å². The normalized spacial score (nSPS) is 7.83. The first kappa shape index (κ1) is 11.2. The summed E-state index contributed by atoms with van der Waals surface area (Å²) in [6, 6.07) is 5.73. The zero-order valence-corrected chi connectivity index (χ0v) is 8.02. The summed E-state index contributed by atoms with van der Waals surface area (Å²) in [6.45, 7) is 6.65. The van der Waals surface area contributed by atoms with Gasteiger partial charge in [0.1, 0.15) is 0 Å². The van der Waals surface area contributed by atoms with E-state index in [1.807, 2.05) is 18.2 Å². The summed E-state index contributed by atoms with van der Waals surface area (Å²) in [4.78, 5) is 3.98. The molecule has 0 radical (unpaired) electrons. The fourth-order valence-electron chi connectivity index (χ4n) is 0.497. The van der Waals surface area contributed by atoms with Crippen molar-refractivity contribution in [2.45, 2.75) is 0 Å². The maximum absolute atomic E-state index is 4.85. The minimum absolute atomic E-state index is 0.111. The summed E-state index contributed by atoms with van der Waals surface area (Å²) in [6.07, 6.45) is 3.47. The molecule has 1 aromatic heterocycles. The van der Waals surface area contributed by atoms with Gasteiger partial charge in [0.05, 0.1) is 10.2 Å². The van der Waals surface area contributed by atoms with Crippen LogP contribution in [0, 0.1) is 0 Å². The van der Waals surface area contributed by atoms with Gasteiger partial charge in [0.15, 0.2) is 0 Å². The van der Waals surface area contributed by atoms with Crippen LogP contribution in [0.1, 0.15) is 5.69 Å². The summed E-state index contributed by atoms with van der Waals surface area (Å²) >= 11 is 9.69. The highest BCUT2D eigenvalue weighted by Gasteiger charge is 1.77. The van der Waals surface area contributed by atoms with Gasteiger partial charge in [0.25, 0.3) is 0 Å². The lowest BCUT2D eigenvalue weighted by Gasteiger charge is -1.84. The number of nitrogens with zero attached hydrogens (tertiary/aromatic N) is 1. The van der Waals surface area contributed by atoms with E-state index >= 15 is 0 Å². The number of halogens is 2. The molecule has 1 nitrogen and oxygen atoms in total. The zero-order chi connectivity index (χ0) is 9.40. The van der Waals surface area contributed by atoms with Crippen LogP contribution in [0.2, 0.25) is 0 Å². The summed E-state index contributed by atoms with van der Waals surface area (Å²) in [7, 11) is 0. The van der Waals surface area contributed by atoms with E-state index in [0.717, 1.165) is 5.69 Å². The van der Waals surface area contributed by atoms with E-state index in [-0.39, 0.29) is 4.49 Å². The van der Waals surface area contributed by atoms with Gasteiger partial charge in [-0.25, -0.2) is 0 Å². The van der Waals surface area contributed by atoms with Crippen molar-refractivity contribution in [2.75, 3.05) is 0 Å². The van der Waals surface area contributed by atoms with Crippen LogP contribution in [0.5, 0.6) is 0 Å². The van der Waals surface area contributed by atoms with Crippen molar-refractivity contribution in [1.82, 2.24) is 4.98 Å². The third kappa shape index (κ3) is 7.32. The van der Waals surface area contributed by atoms with Gasteiger partial charge in [-0.15, -0.1) is 0 Å². The van der Waals surface area contributed by atoms with Gasteiger partial charge >= 0.3 is 0 Å². The molecule has 0 atom stereocenters. The summed E-state index contributed by atoms with van der Waals surface area (Å²) in [5.74, 6) is 0. The Morgan fingerprint density at radius 2 is 2.00 bits per heavy atom. The molecular formula is C9H9Cl2N. The average Bonchev–Trinajstić information content (AvgIpc) is 2.05. The molecule has 0 N–H and O–H groups in total. The molecular weight excluding hydrogens is 193 g/mol. The lowest BCUT2D eigenvalue weighted by molar-refractivity contribution is 1.30. The fourth-order valence-corrected chi connectivity index (χ4v) is 0.497. The number of aromatic nitrogens is 1. The predicted molar refractivity (Wildman–Crippen MR) is 55.2 cm³/mol. The third-order valence-electron chi connectivity index (χ3n) is 0.897. The largest absolute Gasteiger partial charge is 0.257 e. The predicted octanol–water partition coefficient (Wildman–Crippen LogP) is 3.66. The van der Waals surface area contributed by atoms with Crippen LogP contribution in [0.3, 0.4) is 0 Å². The number of hydrogen-bond acceptors (Lipinski definition) is 1. The highest BCUT2D eigenvalue weighted by Crippen LogP contribution is 1.98. The highest BCUT2D eigenvalue weighted by atomic mass is 35.5. The van der Waals surface area contributed by atoms with E-state index in [2.05, 4.69) is 18.1 Å². The molecule has 3 heteroatoms. The fraction of sp³-hybridized carbons (Fsp3) is 0. The van der Waals surface area contributed by atoms with Crippen molar-refractivity contribution in [2.24, 2.45) is 0 Å². The number of pyridine rings is 1. The molecule has 0 amide bonds. The van der Waals surface area contributed by atoms with Crippen molar-refractivity contribution >= 4 is 29.3 Å². The van der Waals surface area contributed by atoms with Crippen LogP contribution in [0.25, 0.3) is 6.08 Å². The van der Waals surface area contributed by atoms with Crippen molar-refractivity contribution in [3.8, 4) is 0 Å². The van der Waals surface area contributed by atoms with Gasteiger partial charge in [-0.05, 0) is 18.2 Å². The standard InChI is InChI=1S/C7H7N.C2H2Cl2/c1-2-7-5-3-4-6-8-7;1-2(3)4/h2-6H,1H2;1H2. The Morgan fingerprint density at radius 1 is 1.42 bits per heavy atom. The SMILES string of the molecule is C=C(Cl)Cl.C=Cc1ccccn1. The first-order chi connectivity index (χ1) is 5.66. The molecule has 0 spiro atoms. The molecule has 1 aromatic rings. The summed E-state index contributed by atoms with van der Waals surface area (Å²) in [5, 5.41) is 0. The Labute approximate surface area is 82.3 Å². The zero-order valence-electron chi connectivity index (χ0n) is 6.50. The van der Waals surface area contributed by atoms with Crippen molar-refractivity contribution in [3.05, 3.63) is 47.7 Å². The second-order valence-electron chi connectivity index (χ2n) is 1.80. The minimum atomic E-state index is 0.111. The van der Waals surface area contributed by atoms with Crippen LogP contribution >= 0.6 is 23.2 Å². The van der Waals surface area contributed by atoms with Crippen molar-refractivity contribution < 1.29 is 0 Å². The molecule has 0 aromatic carbocycles. The van der Waals surface area contributed by atoms with Crippen LogP contribution in [-0.4, -0.2) is 4.98 Å². The lowest BCUT2D eigenvalue weighted by atomic mass is 10.4. The molecule has 0 fully saturated rings. The number of rotatable bonds is 1. The maximum Gasteiger partial charge on any atom is 0.0992 e. The molecule has 1 heterocycles. The molecule has 0 saturated heterocycles. The van der Waals surface area contributed by atoms with E-state index in [4.69, 9.17) is 23.2 Å². The van der Waals surface area contributed by atoms with E-state index in [9.17, 15) is 0 Å². The first-order valence-corrected chi connectivity index (χ1v) is 3.95. The second kappa shape index (κ2) is 6.89. The molecule has 0 aliphatic heterocycles. The van der Waals surface area contributed by atoms with E-state index in [0.29, 0.717) is 0 Å². The Morgan fingerprint density at radius 3 is 2.25 bits per heavy atom. The molecule has 0 bridgehead atoms. The van der Waals surface area contributed by atoms with E-state index < -0.39 is 0 Å². The minimum Gasteiger partial charge on any atom is -0.257 e. The Bertz CT molecular complexity index is 240. The van der Waals surface area contributed by atoms with Gasteiger partial charge in [-0.2, -0.15) is 0 Å². The topological polar surface area (TPSA) is 12.9 Å². The van der Waals surface area contributed by atoms with Crippen LogP contribution in [0.4, 0.5) is 0 Å². The van der Waals surface area contributed by atoms with Gasteiger partial charge in [-0.3, -0.25) is 4.98 Å². The smallest absolute Gasteiger partial charge is 0.0992 e. The van der Waals surface area contributed by atoms with Gasteiger partial charge in [-0.1, -0.05) is 42.4 Å². The summed E-state index contributed by atoms with van der Waals surface area (Å²) < 4.78 is 0.111. The molecule has 0 unspecified atom stereocenters. The Hall–Kier alpha value is -0.790. The molecule has 12 heavy (non-hydrogen) atoms. The molecule has 0 aliphatic carbocycles. The molecule has 64 valence electrons.